The zero-order valence-corrected chi connectivity index (χ0v) is 14.0. The topological polar surface area (TPSA) is 51.6 Å². The first-order valence-corrected chi connectivity index (χ1v) is 8.29. The molecule has 0 aromatic carbocycles. The minimum atomic E-state index is 0.472. The Bertz CT molecular complexity index is 519. The first kappa shape index (κ1) is 14.1. The van der Waals surface area contributed by atoms with E-state index in [9.17, 15) is 0 Å². The molecule has 0 N–H and O–H groups in total. The Hall–Kier alpha value is -0.880. The lowest BCUT2D eigenvalue weighted by molar-refractivity contribution is 0.379. The third-order valence-electron chi connectivity index (χ3n) is 3.82. The summed E-state index contributed by atoms with van der Waals surface area (Å²) in [5.74, 6) is 0.944. The lowest BCUT2D eigenvalue weighted by atomic mass is 9.78. The van der Waals surface area contributed by atoms with Crippen molar-refractivity contribution in [3.05, 3.63) is 44.9 Å². The molecule has 104 valence electrons. The highest BCUT2D eigenvalue weighted by molar-refractivity contribution is 9.10. The summed E-state index contributed by atoms with van der Waals surface area (Å²) in [5, 5.41) is 16.8. The molecule has 1 saturated carbocycles. The third-order valence-corrected chi connectivity index (χ3v) is 4.66. The van der Waals surface area contributed by atoms with Gasteiger partial charge in [0, 0.05) is 11.8 Å². The summed E-state index contributed by atoms with van der Waals surface area (Å²) < 4.78 is 1.57. The van der Waals surface area contributed by atoms with Gasteiger partial charge in [0.05, 0.1) is 11.4 Å². The number of hydrogen-bond donors (Lipinski definition) is 0. The normalized spacial score (nSPS) is 22.7. The van der Waals surface area contributed by atoms with Crippen LogP contribution in [0.15, 0.2) is 33.5 Å². The molecule has 3 rings (SSSR count). The van der Waals surface area contributed by atoms with Gasteiger partial charge in [-0.25, -0.2) is 0 Å². The number of halogens is 2. The second-order valence-corrected chi connectivity index (χ2v) is 6.75. The van der Waals surface area contributed by atoms with E-state index in [1.54, 1.807) is 0 Å². The maximum atomic E-state index is 4.30. The highest BCUT2D eigenvalue weighted by Gasteiger charge is 2.26. The van der Waals surface area contributed by atoms with Crippen molar-refractivity contribution in [2.75, 3.05) is 0 Å². The zero-order valence-electron chi connectivity index (χ0n) is 10.8. The molecular weight excluding hydrogens is 384 g/mol. The zero-order chi connectivity index (χ0) is 13.9. The summed E-state index contributed by atoms with van der Waals surface area (Å²) in [6.07, 6.45) is 4.63. The van der Waals surface area contributed by atoms with Crippen molar-refractivity contribution >= 4 is 31.9 Å². The van der Waals surface area contributed by atoms with Crippen molar-refractivity contribution in [1.82, 2.24) is 20.4 Å². The van der Waals surface area contributed by atoms with Crippen LogP contribution in [0.2, 0.25) is 0 Å². The van der Waals surface area contributed by atoms with Gasteiger partial charge in [-0.1, -0.05) is 6.42 Å². The number of nitrogens with zero attached hydrogens (tertiary/aromatic N) is 4. The van der Waals surface area contributed by atoms with Crippen LogP contribution in [0.5, 0.6) is 0 Å². The van der Waals surface area contributed by atoms with Gasteiger partial charge >= 0.3 is 0 Å². The Morgan fingerprint density at radius 2 is 1.25 bits per heavy atom. The van der Waals surface area contributed by atoms with E-state index in [0.717, 1.165) is 27.0 Å². The predicted molar refractivity (Wildman–Crippen MR) is 83.4 cm³/mol. The van der Waals surface area contributed by atoms with E-state index in [0.29, 0.717) is 11.8 Å². The van der Waals surface area contributed by atoms with Gasteiger partial charge in [-0.05, 0) is 75.4 Å². The van der Waals surface area contributed by atoms with Crippen molar-refractivity contribution in [3.63, 3.8) is 0 Å². The van der Waals surface area contributed by atoms with Crippen LogP contribution in [-0.4, -0.2) is 20.4 Å². The summed E-state index contributed by atoms with van der Waals surface area (Å²) in [6.45, 7) is 0. The summed E-state index contributed by atoms with van der Waals surface area (Å²) in [5.41, 5.74) is 2.17. The van der Waals surface area contributed by atoms with Gasteiger partial charge in [0.1, 0.15) is 9.21 Å². The maximum Gasteiger partial charge on any atom is 0.128 e. The molecule has 1 aliphatic rings. The molecule has 6 heteroatoms. The van der Waals surface area contributed by atoms with E-state index in [4.69, 9.17) is 0 Å². The van der Waals surface area contributed by atoms with Crippen LogP contribution in [0.3, 0.4) is 0 Å². The molecule has 1 fully saturated rings. The number of hydrogen-bond acceptors (Lipinski definition) is 4. The van der Waals surface area contributed by atoms with Crippen LogP contribution in [0.4, 0.5) is 0 Å². The van der Waals surface area contributed by atoms with Crippen molar-refractivity contribution in [2.45, 2.75) is 37.5 Å². The molecule has 2 aromatic heterocycles. The molecule has 0 amide bonds. The molecule has 0 saturated heterocycles. The lowest BCUT2D eigenvalue weighted by Crippen LogP contribution is -2.15. The first-order chi connectivity index (χ1) is 9.72. The standard InChI is InChI=1S/C14H14Br2N4/c15-13-6-4-11(17-19-13)9-2-1-3-10(8-9)12-5-7-14(16)20-18-12/h4-7,9-10H,1-3,8H2/t9-,10-/m1/s1. The smallest absolute Gasteiger partial charge is 0.128 e. The molecule has 0 spiro atoms. The van der Waals surface area contributed by atoms with Crippen molar-refractivity contribution in [3.8, 4) is 0 Å². The Morgan fingerprint density at radius 3 is 1.65 bits per heavy atom. The largest absolute Gasteiger partial charge is 0.154 e. The van der Waals surface area contributed by atoms with Gasteiger partial charge in [0.2, 0.25) is 0 Å². The van der Waals surface area contributed by atoms with Gasteiger partial charge in [-0.3, -0.25) is 0 Å². The first-order valence-electron chi connectivity index (χ1n) is 6.70. The highest BCUT2D eigenvalue weighted by atomic mass is 79.9. The fourth-order valence-corrected chi connectivity index (χ4v) is 3.24. The Balaban J connectivity index is 1.76. The van der Waals surface area contributed by atoms with Crippen LogP contribution in [0, 0.1) is 0 Å². The molecular formula is C14H14Br2N4. The Morgan fingerprint density at radius 1 is 0.750 bits per heavy atom. The minimum absolute atomic E-state index is 0.472. The fourth-order valence-electron chi connectivity index (χ4n) is 2.82. The maximum absolute atomic E-state index is 4.30. The van der Waals surface area contributed by atoms with E-state index in [-0.39, 0.29) is 0 Å². The number of aromatic nitrogens is 4. The lowest BCUT2D eigenvalue weighted by Gasteiger charge is -2.27. The van der Waals surface area contributed by atoms with E-state index in [1.165, 1.54) is 19.3 Å². The van der Waals surface area contributed by atoms with Gasteiger partial charge in [0.15, 0.2) is 0 Å². The average molecular weight is 398 g/mol. The average Bonchev–Trinajstić information content (AvgIpc) is 2.49. The Labute approximate surface area is 134 Å². The quantitative estimate of drug-likeness (QED) is 0.760. The fraction of sp³-hybridized carbons (Fsp3) is 0.429. The molecule has 0 bridgehead atoms. The summed E-state index contributed by atoms with van der Waals surface area (Å²) in [4.78, 5) is 0. The molecule has 20 heavy (non-hydrogen) atoms. The molecule has 1 aliphatic carbocycles. The monoisotopic (exact) mass is 396 g/mol. The van der Waals surface area contributed by atoms with Crippen LogP contribution in [-0.2, 0) is 0 Å². The summed E-state index contributed by atoms with van der Waals surface area (Å²) in [6, 6.07) is 8.06. The van der Waals surface area contributed by atoms with Gasteiger partial charge in [0.25, 0.3) is 0 Å². The van der Waals surface area contributed by atoms with Crippen molar-refractivity contribution in [1.29, 1.82) is 0 Å². The van der Waals surface area contributed by atoms with Crippen molar-refractivity contribution in [2.24, 2.45) is 0 Å². The number of rotatable bonds is 2. The highest BCUT2D eigenvalue weighted by Crippen LogP contribution is 2.39. The minimum Gasteiger partial charge on any atom is -0.154 e. The SMILES string of the molecule is Brc1ccc([C@@H]2CCC[C@@H](c3ccc(Br)nn3)C2)nn1. The van der Waals surface area contributed by atoms with Crippen LogP contribution in [0.25, 0.3) is 0 Å². The van der Waals surface area contributed by atoms with E-state index in [1.807, 2.05) is 12.1 Å². The van der Waals surface area contributed by atoms with Crippen molar-refractivity contribution < 1.29 is 0 Å². The molecule has 0 unspecified atom stereocenters. The summed E-state index contributed by atoms with van der Waals surface area (Å²) >= 11 is 6.66. The molecule has 0 radical (unpaired) electrons. The van der Waals surface area contributed by atoms with E-state index < -0.39 is 0 Å². The van der Waals surface area contributed by atoms with Crippen LogP contribution < -0.4 is 0 Å². The van der Waals surface area contributed by atoms with E-state index in [2.05, 4.69) is 64.4 Å². The Kier molecular flexibility index (Phi) is 4.41. The molecule has 2 aromatic rings. The van der Waals surface area contributed by atoms with Gasteiger partial charge < -0.3 is 0 Å². The predicted octanol–water partition coefficient (Wildman–Crippen LogP) is 4.23. The third kappa shape index (κ3) is 3.23. The van der Waals surface area contributed by atoms with Crippen LogP contribution in [0.1, 0.15) is 48.9 Å². The molecule has 0 aliphatic heterocycles. The van der Waals surface area contributed by atoms with Crippen LogP contribution >= 0.6 is 31.9 Å². The molecule has 2 heterocycles. The van der Waals surface area contributed by atoms with E-state index >= 15 is 0 Å². The van der Waals surface area contributed by atoms with Gasteiger partial charge in [-0.15, -0.1) is 10.2 Å². The molecule has 4 nitrogen and oxygen atoms in total. The second kappa shape index (κ2) is 6.26. The van der Waals surface area contributed by atoms with Gasteiger partial charge in [-0.2, -0.15) is 10.2 Å². The second-order valence-electron chi connectivity index (χ2n) is 5.12. The molecule has 2 atom stereocenters. The summed E-state index contributed by atoms with van der Waals surface area (Å²) in [7, 11) is 0.